The van der Waals surface area contributed by atoms with Crippen LogP contribution in [0.3, 0.4) is 0 Å². The summed E-state index contributed by atoms with van der Waals surface area (Å²) < 4.78 is 0. The number of benzene rings is 2. The van der Waals surface area contributed by atoms with Gasteiger partial charge in [0.25, 0.3) is 0 Å². The normalized spacial score (nSPS) is 13.4. The zero-order valence-electron chi connectivity index (χ0n) is 23.8. The number of nitrogens with zero attached hydrogens (tertiary/aromatic N) is 1. The van der Waals surface area contributed by atoms with Gasteiger partial charge in [0.1, 0.15) is 0 Å². The molecule has 194 valence electrons. The van der Waals surface area contributed by atoms with Crippen molar-refractivity contribution in [2.75, 3.05) is 13.1 Å². The number of allylic oxidation sites excluding steroid dienone is 1. The molecule has 2 atom stereocenters. The molecular formula is C34H53N. The average Bonchev–Trinajstić information content (AvgIpc) is 2.84. The second-order valence-corrected chi connectivity index (χ2v) is 11.1. The van der Waals surface area contributed by atoms with Crippen molar-refractivity contribution in [1.82, 2.24) is 4.90 Å². The zero-order chi connectivity index (χ0) is 25.6. The molecular weight excluding hydrogens is 422 g/mol. The van der Waals surface area contributed by atoms with Gasteiger partial charge >= 0.3 is 0 Å². The first-order valence-corrected chi connectivity index (χ1v) is 14.4. The van der Waals surface area contributed by atoms with Crippen molar-refractivity contribution >= 4 is 0 Å². The van der Waals surface area contributed by atoms with E-state index >= 15 is 0 Å². The Balaban J connectivity index is 2.17. The number of unbranched alkanes of at least 4 members (excludes halogenated alkanes) is 1. The lowest BCUT2D eigenvalue weighted by Gasteiger charge is -2.35. The van der Waals surface area contributed by atoms with Gasteiger partial charge in [0, 0.05) is 6.54 Å². The number of aryl methyl sites for hydroxylation is 2. The molecule has 0 N–H and O–H groups in total. The van der Waals surface area contributed by atoms with Crippen molar-refractivity contribution in [3.05, 3.63) is 82.9 Å². The molecule has 0 aliphatic heterocycles. The van der Waals surface area contributed by atoms with Crippen LogP contribution >= 0.6 is 0 Å². The molecule has 0 spiro atoms. The van der Waals surface area contributed by atoms with E-state index in [9.17, 15) is 0 Å². The van der Waals surface area contributed by atoms with E-state index in [0.29, 0.717) is 12.0 Å². The van der Waals surface area contributed by atoms with Gasteiger partial charge in [0.05, 0.1) is 6.04 Å². The quantitative estimate of drug-likeness (QED) is 0.206. The van der Waals surface area contributed by atoms with E-state index in [-0.39, 0.29) is 0 Å². The molecule has 0 saturated carbocycles. The van der Waals surface area contributed by atoms with Crippen LogP contribution in [0.5, 0.6) is 0 Å². The standard InChI is InChI=1S/C34H53N/c1-8-11-15-31(13-9-2)25-30(7)14-12-24-35(26-27(4)10-3)34(32-20-16-28(5)17-21-32)33-22-18-29(6)19-23-33/h16-23,27,31,34H,7-15,24-26H2,1-6H3. The van der Waals surface area contributed by atoms with Gasteiger partial charge in [-0.15, -0.1) is 0 Å². The smallest absolute Gasteiger partial charge is 0.0601 e. The molecule has 0 fully saturated rings. The van der Waals surface area contributed by atoms with Crippen LogP contribution in [0, 0.1) is 25.7 Å². The minimum atomic E-state index is 0.302. The second-order valence-electron chi connectivity index (χ2n) is 11.1. The predicted octanol–water partition coefficient (Wildman–Crippen LogP) is 10.1. The van der Waals surface area contributed by atoms with Crippen LogP contribution in [0.1, 0.15) is 114 Å². The largest absolute Gasteiger partial charge is 0.292 e. The molecule has 0 aliphatic rings. The van der Waals surface area contributed by atoms with Gasteiger partial charge in [-0.2, -0.15) is 0 Å². The Labute approximate surface area is 218 Å². The van der Waals surface area contributed by atoms with Crippen LogP contribution in [-0.2, 0) is 0 Å². The van der Waals surface area contributed by atoms with Crippen molar-refractivity contribution in [2.45, 2.75) is 105 Å². The summed E-state index contributed by atoms with van der Waals surface area (Å²) in [6.07, 6.45) is 11.4. The monoisotopic (exact) mass is 475 g/mol. The van der Waals surface area contributed by atoms with E-state index in [4.69, 9.17) is 0 Å². The highest BCUT2D eigenvalue weighted by molar-refractivity contribution is 5.35. The van der Waals surface area contributed by atoms with Crippen molar-refractivity contribution < 1.29 is 0 Å². The average molecular weight is 476 g/mol. The first-order chi connectivity index (χ1) is 16.9. The van der Waals surface area contributed by atoms with Crippen LogP contribution in [-0.4, -0.2) is 18.0 Å². The maximum absolute atomic E-state index is 4.52. The van der Waals surface area contributed by atoms with E-state index in [2.05, 4.69) is 102 Å². The molecule has 1 heteroatoms. The Morgan fingerprint density at radius 2 is 1.37 bits per heavy atom. The predicted molar refractivity (Wildman–Crippen MR) is 156 cm³/mol. The fourth-order valence-corrected chi connectivity index (χ4v) is 5.26. The number of hydrogen-bond donors (Lipinski definition) is 0. The molecule has 0 saturated heterocycles. The molecule has 35 heavy (non-hydrogen) atoms. The summed E-state index contributed by atoms with van der Waals surface area (Å²) in [5.74, 6) is 1.51. The van der Waals surface area contributed by atoms with Gasteiger partial charge < -0.3 is 0 Å². The zero-order valence-corrected chi connectivity index (χ0v) is 23.8. The Morgan fingerprint density at radius 3 is 1.86 bits per heavy atom. The van der Waals surface area contributed by atoms with Crippen molar-refractivity contribution in [3.8, 4) is 0 Å². The molecule has 0 amide bonds. The molecule has 2 aromatic rings. The van der Waals surface area contributed by atoms with E-state index in [1.165, 1.54) is 79.2 Å². The molecule has 2 rings (SSSR count). The third-order valence-electron chi connectivity index (χ3n) is 7.61. The van der Waals surface area contributed by atoms with Gasteiger partial charge in [-0.05, 0) is 62.6 Å². The van der Waals surface area contributed by atoms with Crippen LogP contribution in [0.15, 0.2) is 60.7 Å². The topological polar surface area (TPSA) is 3.24 Å². The van der Waals surface area contributed by atoms with Crippen LogP contribution in [0.25, 0.3) is 0 Å². The van der Waals surface area contributed by atoms with Gasteiger partial charge in [0.15, 0.2) is 0 Å². The summed E-state index contributed by atoms with van der Waals surface area (Å²) in [5.41, 5.74) is 6.93. The Kier molecular flexibility index (Phi) is 13.4. The van der Waals surface area contributed by atoms with E-state index < -0.39 is 0 Å². The van der Waals surface area contributed by atoms with Crippen molar-refractivity contribution in [1.29, 1.82) is 0 Å². The van der Waals surface area contributed by atoms with Crippen LogP contribution in [0.4, 0.5) is 0 Å². The van der Waals surface area contributed by atoms with E-state index in [0.717, 1.165) is 25.4 Å². The molecule has 2 unspecified atom stereocenters. The van der Waals surface area contributed by atoms with Gasteiger partial charge in [-0.25, -0.2) is 0 Å². The van der Waals surface area contributed by atoms with Crippen LogP contribution < -0.4 is 0 Å². The molecule has 2 aromatic carbocycles. The maximum atomic E-state index is 4.52. The molecule has 0 aliphatic carbocycles. The number of rotatable bonds is 17. The molecule has 0 bridgehead atoms. The summed E-state index contributed by atoms with van der Waals surface area (Å²) in [4.78, 5) is 2.75. The number of hydrogen-bond acceptors (Lipinski definition) is 1. The van der Waals surface area contributed by atoms with Gasteiger partial charge in [-0.1, -0.05) is 138 Å². The lowest BCUT2D eigenvalue weighted by Crippen LogP contribution is -2.34. The maximum Gasteiger partial charge on any atom is 0.0601 e. The Morgan fingerprint density at radius 1 is 0.800 bits per heavy atom. The highest BCUT2D eigenvalue weighted by atomic mass is 15.2. The molecule has 0 heterocycles. The van der Waals surface area contributed by atoms with E-state index in [1.807, 2.05) is 0 Å². The van der Waals surface area contributed by atoms with E-state index in [1.54, 1.807) is 0 Å². The summed E-state index contributed by atoms with van der Waals surface area (Å²) in [6.45, 7) is 20.5. The Hall–Kier alpha value is -1.86. The summed E-state index contributed by atoms with van der Waals surface area (Å²) in [7, 11) is 0. The van der Waals surface area contributed by atoms with Crippen molar-refractivity contribution in [3.63, 3.8) is 0 Å². The highest BCUT2D eigenvalue weighted by Crippen LogP contribution is 2.31. The second kappa shape index (κ2) is 16.0. The first kappa shape index (κ1) is 29.4. The summed E-state index contributed by atoms with van der Waals surface area (Å²) in [6, 6.07) is 18.7. The fraction of sp³-hybridized carbons (Fsp3) is 0.588. The minimum Gasteiger partial charge on any atom is -0.292 e. The minimum absolute atomic E-state index is 0.302. The van der Waals surface area contributed by atoms with Gasteiger partial charge in [0.2, 0.25) is 0 Å². The summed E-state index contributed by atoms with van der Waals surface area (Å²) >= 11 is 0. The summed E-state index contributed by atoms with van der Waals surface area (Å²) in [5, 5.41) is 0. The lowest BCUT2D eigenvalue weighted by atomic mass is 9.89. The van der Waals surface area contributed by atoms with Crippen LogP contribution in [0.2, 0.25) is 0 Å². The highest BCUT2D eigenvalue weighted by Gasteiger charge is 2.23. The first-order valence-electron chi connectivity index (χ1n) is 14.4. The SMILES string of the molecule is C=C(CCCN(CC(C)CC)C(c1ccc(C)cc1)c1ccc(C)cc1)CC(CCC)CCCC. The molecule has 0 aromatic heterocycles. The fourth-order valence-electron chi connectivity index (χ4n) is 5.26. The third kappa shape index (κ3) is 10.3. The molecule has 0 radical (unpaired) electrons. The van der Waals surface area contributed by atoms with Crippen molar-refractivity contribution in [2.24, 2.45) is 11.8 Å². The van der Waals surface area contributed by atoms with Gasteiger partial charge in [-0.3, -0.25) is 4.90 Å². The lowest BCUT2D eigenvalue weighted by molar-refractivity contribution is 0.190. The molecule has 1 nitrogen and oxygen atoms in total. The third-order valence-corrected chi connectivity index (χ3v) is 7.61. The Bertz CT molecular complexity index is 786.